The third-order valence-corrected chi connectivity index (χ3v) is 14.2. The zero-order valence-electron chi connectivity index (χ0n) is 35.0. The number of aryl methyl sites for hydroxylation is 1. The Balaban J connectivity index is 1.18. The molecule has 0 aliphatic rings. The number of nitrogens with zero attached hydrogens (tertiary/aromatic N) is 5. The molecule has 0 aliphatic carbocycles. The highest BCUT2D eigenvalue weighted by Gasteiger charge is 2.29. The topological polar surface area (TPSA) is 61.7 Å². The number of hydrogen-bond acceptors (Lipinski definition) is 5. The molecule has 9 aromatic carbocycles. The van der Waals surface area contributed by atoms with Crippen LogP contribution in [-0.2, 0) is 0 Å². The molecule has 5 aromatic heterocycles. The van der Waals surface area contributed by atoms with Gasteiger partial charge in [0.25, 0.3) is 0 Å². The maximum atomic E-state index is 7.17. The van der Waals surface area contributed by atoms with Gasteiger partial charge in [-0.3, -0.25) is 0 Å². The summed E-state index contributed by atoms with van der Waals surface area (Å²) in [4.78, 5) is 15.6. The Labute approximate surface area is 375 Å². The number of aromatic nitrogens is 5. The van der Waals surface area contributed by atoms with E-state index in [4.69, 9.17) is 19.4 Å². The number of benzene rings is 9. The molecule has 0 bridgehead atoms. The molecule has 0 spiro atoms. The van der Waals surface area contributed by atoms with Crippen LogP contribution in [0.3, 0.4) is 0 Å². The maximum Gasteiger partial charge on any atom is 0.165 e. The minimum atomic E-state index is 0.598. The lowest BCUT2D eigenvalue weighted by molar-refractivity contribution is 0.666. The lowest BCUT2D eigenvalue weighted by Gasteiger charge is -2.16. The van der Waals surface area contributed by atoms with Gasteiger partial charge in [0.1, 0.15) is 5.58 Å². The Hall–Kier alpha value is -8.39. The van der Waals surface area contributed by atoms with Crippen LogP contribution in [0.5, 0.6) is 0 Å². The number of hydrogen-bond donors (Lipinski definition) is 0. The van der Waals surface area contributed by atoms with Crippen LogP contribution in [0.25, 0.3) is 131 Å². The van der Waals surface area contributed by atoms with Gasteiger partial charge in [0.05, 0.1) is 27.8 Å². The van der Waals surface area contributed by atoms with Crippen LogP contribution in [0.15, 0.2) is 199 Å². The van der Waals surface area contributed by atoms with Gasteiger partial charge >= 0.3 is 0 Å². The lowest BCUT2D eigenvalue weighted by atomic mass is 9.98. The average molecular weight is 850 g/mol. The molecule has 0 N–H and O–H groups in total. The zero-order chi connectivity index (χ0) is 42.8. The van der Waals surface area contributed by atoms with Crippen LogP contribution >= 0.6 is 11.3 Å². The molecule has 14 rings (SSSR count). The highest BCUT2D eigenvalue weighted by molar-refractivity contribution is 7.27. The van der Waals surface area contributed by atoms with Gasteiger partial charge in [-0.1, -0.05) is 152 Å². The number of thiophene rings is 1. The molecule has 7 heteroatoms. The summed E-state index contributed by atoms with van der Waals surface area (Å²) in [6.45, 7) is 2.18. The van der Waals surface area contributed by atoms with Gasteiger partial charge in [-0.05, 0) is 55.0 Å². The summed E-state index contributed by atoms with van der Waals surface area (Å²) in [5.41, 5.74) is 12.1. The van der Waals surface area contributed by atoms with Crippen molar-refractivity contribution in [2.45, 2.75) is 6.92 Å². The minimum absolute atomic E-state index is 0.598. The summed E-state index contributed by atoms with van der Waals surface area (Å²) in [6.07, 6.45) is 0. The van der Waals surface area contributed by atoms with Gasteiger partial charge < -0.3 is 13.6 Å². The van der Waals surface area contributed by atoms with Gasteiger partial charge in [0, 0.05) is 74.9 Å². The second-order valence-electron chi connectivity index (χ2n) is 16.7. The van der Waals surface area contributed by atoms with E-state index in [9.17, 15) is 0 Å². The molecule has 304 valence electrons. The predicted molar refractivity (Wildman–Crippen MR) is 270 cm³/mol. The normalized spacial score (nSPS) is 12.1. The van der Waals surface area contributed by atoms with E-state index in [1.165, 1.54) is 47.2 Å². The predicted octanol–water partition coefficient (Wildman–Crippen LogP) is 15.6. The van der Waals surface area contributed by atoms with Crippen molar-refractivity contribution in [3.8, 4) is 45.5 Å². The molecule has 0 atom stereocenters. The summed E-state index contributed by atoms with van der Waals surface area (Å²) < 4.78 is 14.7. The first-order valence-corrected chi connectivity index (χ1v) is 22.7. The Morgan fingerprint density at radius 1 is 0.446 bits per heavy atom. The smallest absolute Gasteiger partial charge is 0.165 e. The molecular formula is C58H35N5OS. The van der Waals surface area contributed by atoms with Gasteiger partial charge in [0.15, 0.2) is 23.1 Å². The summed E-state index contributed by atoms with van der Waals surface area (Å²) in [7, 11) is 0. The standard InChI is InChI=1S/C58H35N5OS/c1-34-33-44(54-48(40-27-13-17-31-45(40)64-54)47(34)58-60-56(35-19-5-2-6-20-35)59-57(61-58)36-21-7-3-8-22-36)63-43-30-16-12-26-39(43)50-53(63)49-38-25-11-15-29-42(38)62(37-23-9-4-10-24-37)52(49)51-41-28-14-18-32-46(41)65-55(50)51/h2-33H,1H3. The third kappa shape index (κ3) is 5.18. The van der Waals surface area contributed by atoms with Crippen molar-refractivity contribution < 1.29 is 4.42 Å². The highest BCUT2D eigenvalue weighted by atomic mass is 32.1. The van der Waals surface area contributed by atoms with E-state index in [0.717, 1.165) is 72.1 Å². The largest absolute Gasteiger partial charge is 0.454 e. The Kier molecular flexibility index (Phi) is 7.67. The van der Waals surface area contributed by atoms with Gasteiger partial charge in [-0.2, -0.15) is 0 Å². The SMILES string of the molecule is Cc1cc(-n2c3ccccc3c3c4sc5ccccc5c4c4c(c5ccccc5n4-c4ccccc4)c32)c2oc3ccccc3c2c1-c1nc(-c2ccccc2)nc(-c2ccccc2)n1. The van der Waals surface area contributed by atoms with E-state index in [1.54, 1.807) is 0 Å². The van der Waals surface area contributed by atoms with Crippen LogP contribution in [-0.4, -0.2) is 24.1 Å². The molecular weight excluding hydrogens is 815 g/mol. The van der Waals surface area contributed by atoms with Crippen molar-refractivity contribution >= 4 is 97.1 Å². The zero-order valence-corrected chi connectivity index (χ0v) is 35.8. The van der Waals surface area contributed by atoms with Gasteiger partial charge in [0.2, 0.25) is 0 Å². The number of furan rings is 1. The second-order valence-corrected chi connectivity index (χ2v) is 17.8. The van der Waals surface area contributed by atoms with Gasteiger partial charge in [-0.15, -0.1) is 11.3 Å². The van der Waals surface area contributed by atoms with E-state index in [1.807, 2.05) is 53.8 Å². The highest BCUT2D eigenvalue weighted by Crippen LogP contribution is 2.52. The molecule has 14 aromatic rings. The fourth-order valence-electron chi connectivity index (χ4n) is 10.4. The molecule has 5 heterocycles. The molecule has 0 amide bonds. The first-order chi connectivity index (χ1) is 32.2. The van der Waals surface area contributed by atoms with E-state index >= 15 is 0 Å². The minimum Gasteiger partial charge on any atom is -0.454 e. The monoisotopic (exact) mass is 849 g/mol. The summed E-state index contributed by atoms with van der Waals surface area (Å²) in [5, 5.41) is 9.34. The van der Waals surface area contributed by atoms with Crippen molar-refractivity contribution in [3.63, 3.8) is 0 Å². The molecule has 0 fully saturated rings. The van der Waals surface area contributed by atoms with Crippen molar-refractivity contribution in [1.29, 1.82) is 0 Å². The molecule has 0 aliphatic heterocycles. The van der Waals surface area contributed by atoms with Crippen molar-refractivity contribution in [2.24, 2.45) is 0 Å². The first kappa shape index (κ1) is 36.1. The van der Waals surface area contributed by atoms with Crippen LogP contribution in [0, 0.1) is 6.92 Å². The molecule has 65 heavy (non-hydrogen) atoms. The number of para-hydroxylation sites is 4. The van der Waals surface area contributed by atoms with E-state index < -0.39 is 0 Å². The third-order valence-electron chi connectivity index (χ3n) is 13.0. The van der Waals surface area contributed by atoms with Crippen LogP contribution in [0.2, 0.25) is 0 Å². The second kappa shape index (κ2) is 13.8. The summed E-state index contributed by atoms with van der Waals surface area (Å²) in [6, 6.07) is 68.4. The van der Waals surface area contributed by atoms with Gasteiger partial charge in [-0.25, -0.2) is 15.0 Å². The Morgan fingerprint density at radius 3 is 1.65 bits per heavy atom. The van der Waals surface area contributed by atoms with Crippen molar-refractivity contribution in [1.82, 2.24) is 24.1 Å². The molecule has 0 unspecified atom stereocenters. The average Bonchev–Trinajstić information content (AvgIpc) is 4.13. The van der Waals surface area contributed by atoms with Crippen LogP contribution in [0.1, 0.15) is 5.56 Å². The maximum absolute atomic E-state index is 7.17. The van der Waals surface area contributed by atoms with Crippen LogP contribution in [0.4, 0.5) is 0 Å². The van der Waals surface area contributed by atoms with Crippen LogP contribution < -0.4 is 0 Å². The Bertz CT molecular complexity index is 4180. The Morgan fingerprint density at radius 2 is 0.954 bits per heavy atom. The molecule has 0 radical (unpaired) electrons. The fraction of sp³-hybridized carbons (Fsp3) is 0.0172. The first-order valence-electron chi connectivity index (χ1n) is 21.9. The van der Waals surface area contributed by atoms with E-state index in [2.05, 4.69) is 168 Å². The summed E-state index contributed by atoms with van der Waals surface area (Å²) >= 11 is 1.88. The lowest BCUT2D eigenvalue weighted by Crippen LogP contribution is -2.03. The fourth-order valence-corrected chi connectivity index (χ4v) is 11.6. The molecule has 0 saturated carbocycles. The number of fused-ring (bicyclic) bond motifs is 15. The van der Waals surface area contributed by atoms with Crippen molar-refractivity contribution in [2.75, 3.05) is 0 Å². The number of rotatable bonds is 5. The molecule has 6 nitrogen and oxygen atoms in total. The quantitative estimate of drug-likeness (QED) is 0.173. The molecule has 0 saturated heterocycles. The van der Waals surface area contributed by atoms with Crippen molar-refractivity contribution in [3.05, 3.63) is 200 Å². The van der Waals surface area contributed by atoms with E-state index in [0.29, 0.717) is 17.5 Å². The van der Waals surface area contributed by atoms with E-state index in [-0.39, 0.29) is 0 Å². The summed E-state index contributed by atoms with van der Waals surface area (Å²) in [5.74, 6) is 1.83.